The Morgan fingerprint density at radius 2 is 2.16 bits per heavy atom. The zero-order valence-electron chi connectivity index (χ0n) is 14.1. The summed E-state index contributed by atoms with van der Waals surface area (Å²) >= 11 is 6.15. The molecule has 0 unspecified atom stereocenters. The molecule has 0 saturated carbocycles. The first-order valence-corrected chi connectivity index (χ1v) is 8.38. The number of oxazole rings is 1. The molecule has 1 amide bonds. The maximum absolute atomic E-state index is 12.1. The molecule has 3 rings (SSSR count). The van der Waals surface area contributed by atoms with Crippen molar-refractivity contribution in [3.05, 3.63) is 59.3 Å². The minimum absolute atomic E-state index is 0.0613. The van der Waals surface area contributed by atoms with Crippen LogP contribution in [0.15, 0.2) is 47.3 Å². The van der Waals surface area contributed by atoms with E-state index in [4.69, 9.17) is 16.0 Å². The lowest BCUT2D eigenvalue weighted by Crippen LogP contribution is -2.26. The number of amides is 1. The second-order valence-electron chi connectivity index (χ2n) is 5.83. The molecule has 25 heavy (non-hydrogen) atoms. The molecule has 2 aromatic heterocycles. The highest BCUT2D eigenvalue weighted by Crippen LogP contribution is 2.28. The van der Waals surface area contributed by atoms with Gasteiger partial charge in [0.15, 0.2) is 11.7 Å². The molecule has 130 valence electrons. The molecule has 0 spiro atoms. The van der Waals surface area contributed by atoms with Crippen LogP contribution >= 0.6 is 11.6 Å². The molecule has 1 N–H and O–H groups in total. The minimum atomic E-state index is -0.0931. The van der Waals surface area contributed by atoms with E-state index in [1.165, 1.54) is 0 Å². The SMILES string of the molecule is C[C@@H](NC(=O)CCc1ncc(-c2ccccc2Cl)o1)c1cnn(C)c1. The number of hydrogen-bond acceptors (Lipinski definition) is 4. The molecular weight excluding hydrogens is 340 g/mol. The van der Waals surface area contributed by atoms with Gasteiger partial charge in [-0.1, -0.05) is 23.7 Å². The fourth-order valence-corrected chi connectivity index (χ4v) is 2.72. The van der Waals surface area contributed by atoms with Crippen LogP contribution in [0.4, 0.5) is 0 Å². The van der Waals surface area contributed by atoms with Gasteiger partial charge >= 0.3 is 0 Å². The average molecular weight is 359 g/mol. The maximum atomic E-state index is 12.1. The molecule has 0 aliphatic rings. The Hall–Kier alpha value is -2.60. The molecule has 0 fully saturated rings. The van der Waals surface area contributed by atoms with E-state index in [2.05, 4.69) is 15.4 Å². The topological polar surface area (TPSA) is 73.0 Å². The van der Waals surface area contributed by atoms with Crippen molar-refractivity contribution in [3.63, 3.8) is 0 Å². The Morgan fingerprint density at radius 3 is 2.88 bits per heavy atom. The van der Waals surface area contributed by atoms with Crippen LogP contribution in [0.5, 0.6) is 0 Å². The molecule has 1 atom stereocenters. The van der Waals surface area contributed by atoms with E-state index in [1.54, 1.807) is 23.1 Å². The fourth-order valence-electron chi connectivity index (χ4n) is 2.49. The maximum Gasteiger partial charge on any atom is 0.220 e. The largest absolute Gasteiger partial charge is 0.441 e. The van der Waals surface area contributed by atoms with Gasteiger partial charge in [-0.15, -0.1) is 0 Å². The van der Waals surface area contributed by atoms with Gasteiger partial charge in [-0.2, -0.15) is 5.10 Å². The van der Waals surface area contributed by atoms with E-state index in [-0.39, 0.29) is 11.9 Å². The van der Waals surface area contributed by atoms with Crippen LogP contribution in [0.25, 0.3) is 11.3 Å². The zero-order chi connectivity index (χ0) is 17.8. The first-order chi connectivity index (χ1) is 12.0. The van der Waals surface area contributed by atoms with Gasteiger partial charge in [-0.05, 0) is 19.1 Å². The molecule has 0 saturated heterocycles. The van der Waals surface area contributed by atoms with Gasteiger partial charge in [0.2, 0.25) is 5.91 Å². The number of nitrogens with zero attached hydrogens (tertiary/aromatic N) is 3. The normalized spacial score (nSPS) is 12.1. The average Bonchev–Trinajstić information content (AvgIpc) is 3.22. The van der Waals surface area contributed by atoms with Crippen LogP contribution < -0.4 is 5.32 Å². The standard InChI is InChI=1S/C18H19ClN4O2/c1-12(13-9-21-23(2)11-13)22-17(24)7-8-18-20-10-16(25-18)14-5-3-4-6-15(14)19/h3-6,9-12H,7-8H2,1-2H3,(H,22,24)/t12-/m1/s1. The molecule has 2 heterocycles. The fraction of sp³-hybridized carbons (Fsp3) is 0.278. The highest BCUT2D eigenvalue weighted by atomic mass is 35.5. The van der Waals surface area contributed by atoms with Crippen molar-refractivity contribution in [2.75, 3.05) is 0 Å². The summed E-state index contributed by atoms with van der Waals surface area (Å²) in [6, 6.07) is 7.32. The number of halogens is 1. The molecule has 0 radical (unpaired) electrons. The quantitative estimate of drug-likeness (QED) is 0.731. The predicted molar refractivity (Wildman–Crippen MR) is 95.0 cm³/mol. The third kappa shape index (κ3) is 4.28. The lowest BCUT2D eigenvalue weighted by Gasteiger charge is -2.11. The van der Waals surface area contributed by atoms with E-state index in [0.717, 1.165) is 11.1 Å². The number of aryl methyl sites for hydroxylation is 2. The molecule has 0 bridgehead atoms. The first kappa shape index (κ1) is 17.2. The van der Waals surface area contributed by atoms with E-state index in [0.29, 0.717) is 29.5 Å². The third-order valence-corrected chi connectivity index (χ3v) is 4.19. The van der Waals surface area contributed by atoms with Gasteiger partial charge in [0.1, 0.15) is 0 Å². The molecule has 0 aliphatic heterocycles. The highest BCUT2D eigenvalue weighted by molar-refractivity contribution is 6.33. The van der Waals surface area contributed by atoms with Crippen LogP contribution in [0.3, 0.4) is 0 Å². The predicted octanol–water partition coefficient (Wildman–Crippen LogP) is 3.54. The van der Waals surface area contributed by atoms with E-state index >= 15 is 0 Å². The lowest BCUT2D eigenvalue weighted by molar-refractivity contribution is -0.121. The summed E-state index contributed by atoms with van der Waals surface area (Å²) in [6.07, 6.45) is 5.99. The monoisotopic (exact) mass is 358 g/mol. The zero-order valence-corrected chi connectivity index (χ0v) is 14.8. The summed E-state index contributed by atoms with van der Waals surface area (Å²) in [5.41, 5.74) is 1.76. The van der Waals surface area contributed by atoms with Crippen LogP contribution in [0.2, 0.25) is 5.02 Å². The summed E-state index contributed by atoms with van der Waals surface area (Å²) in [4.78, 5) is 16.3. The van der Waals surface area contributed by atoms with E-state index in [9.17, 15) is 4.79 Å². The lowest BCUT2D eigenvalue weighted by atomic mass is 10.2. The summed E-state index contributed by atoms with van der Waals surface area (Å²) in [5.74, 6) is 1.05. The van der Waals surface area contributed by atoms with Crippen molar-refractivity contribution in [1.82, 2.24) is 20.1 Å². The number of carbonyl (C=O) groups is 1. The first-order valence-electron chi connectivity index (χ1n) is 8.00. The number of rotatable bonds is 6. The highest BCUT2D eigenvalue weighted by Gasteiger charge is 2.14. The van der Waals surface area contributed by atoms with Crippen molar-refractivity contribution >= 4 is 17.5 Å². The van der Waals surface area contributed by atoms with Crippen LogP contribution in [0.1, 0.15) is 30.8 Å². The van der Waals surface area contributed by atoms with E-state index < -0.39 is 0 Å². The second kappa shape index (κ2) is 7.53. The molecule has 0 aliphatic carbocycles. The van der Waals surface area contributed by atoms with Crippen molar-refractivity contribution in [2.45, 2.75) is 25.8 Å². The van der Waals surface area contributed by atoms with Gasteiger partial charge in [0.05, 0.1) is 23.5 Å². The van der Waals surface area contributed by atoms with Gasteiger partial charge in [-0.3, -0.25) is 9.48 Å². The van der Waals surface area contributed by atoms with Gasteiger partial charge in [-0.25, -0.2) is 4.98 Å². The minimum Gasteiger partial charge on any atom is -0.441 e. The number of aromatic nitrogens is 3. The summed E-state index contributed by atoms with van der Waals surface area (Å²) in [5, 5.41) is 7.66. The third-order valence-electron chi connectivity index (χ3n) is 3.86. The van der Waals surface area contributed by atoms with E-state index in [1.807, 2.05) is 38.4 Å². The van der Waals surface area contributed by atoms with Crippen molar-refractivity contribution in [2.24, 2.45) is 7.05 Å². The summed E-state index contributed by atoms with van der Waals surface area (Å²) in [6.45, 7) is 1.93. The molecule has 6 nitrogen and oxygen atoms in total. The molecule has 3 aromatic rings. The Balaban J connectivity index is 1.55. The second-order valence-corrected chi connectivity index (χ2v) is 6.24. The summed E-state index contributed by atoms with van der Waals surface area (Å²) < 4.78 is 7.41. The number of nitrogens with one attached hydrogen (secondary N) is 1. The van der Waals surface area contributed by atoms with Gasteiger partial charge in [0, 0.05) is 37.2 Å². The summed E-state index contributed by atoms with van der Waals surface area (Å²) in [7, 11) is 1.84. The van der Waals surface area contributed by atoms with Crippen molar-refractivity contribution in [3.8, 4) is 11.3 Å². The Kier molecular flexibility index (Phi) is 5.19. The Labute approximate surface area is 150 Å². The van der Waals surface area contributed by atoms with Crippen molar-refractivity contribution < 1.29 is 9.21 Å². The molecular formula is C18H19ClN4O2. The number of hydrogen-bond donors (Lipinski definition) is 1. The smallest absolute Gasteiger partial charge is 0.220 e. The van der Waals surface area contributed by atoms with Gasteiger partial charge in [0.25, 0.3) is 0 Å². The van der Waals surface area contributed by atoms with Gasteiger partial charge < -0.3 is 9.73 Å². The van der Waals surface area contributed by atoms with Crippen molar-refractivity contribution in [1.29, 1.82) is 0 Å². The molecule has 7 heteroatoms. The Bertz CT molecular complexity index is 871. The molecule has 1 aromatic carbocycles. The van der Waals surface area contributed by atoms with Crippen LogP contribution in [-0.2, 0) is 18.3 Å². The Morgan fingerprint density at radius 1 is 1.36 bits per heavy atom. The van der Waals surface area contributed by atoms with Crippen LogP contribution in [-0.4, -0.2) is 20.7 Å². The number of carbonyl (C=O) groups excluding carboxylic acids is 1. The number of benzene rings is 1. The van der Waals surface area contributed by atoms with Crippen LogP contribution in [0, 0.1) is 0 Å².